The number of H-pyrrole nitrogens is 1. The van der Waals surface area contributed by atoms with E-state index < -0.39 is 0 Å². The summed E-state index contributed by atoms with van der Waals surface area (Å²) in [6.07, 6.45) is 2.01. The van der Waals surface area contributed by atoms with Crippen LogP contribution in [0, 0.1) is 6.92 Å². The molecule has 2 heterocycles. The molecule has 2 rings (SSSR count). The quantitative estimate of drug-likeness (QED) is 0.647. The van der Waals surface area contributed by atoms with Gasteiger partial charge in [0.1, 0.15) is 7.05 Å². The largest absolute Gasteiger partial charge is 0.282 e. The van der Waals surface area contributed by atoms with Crippen molar-refractivity contribution in [3.8, 4) is 11.4 Å². The SMILES string of the molecule is Cc1cc(-c2cccc[n+]2C)n[nH]1. The number of pyridine rings is 1. The molecule has 3 nitrogen and oxygen atoms in total. The number of hydrogen-bond acceptors (Lipinski definition) is 1. The summed E-state index contributed by atoms with van der Waals surface area (Å²) in [6.45, 7) is 2.00. The highest BCUT2D eigenvalue weighted by molar-refractivity contribution is 5.50. The maximum atomic E-state index is 4.20. The van der Waals surface area contributed by atoms with Crippen molar-refractivity contribution in [2.75, 3.05) is 0 Å². The van der Waals surface area contributed by atoms with Crippen LogP contribution in [0.2, 0.25) is 0 Å². The number of rotatable bonds is 1. The maximum Gasteiger partial charge on any atom is 0.232 e. The molecule has 0 saturated heterocycles. The average Bonchev–Trinajstić information content (AvgIpc) is 2.53. The van der Waals surface area contributed by atoms with Gasteiger partial charge >= 0.3 is 0 Å². The molecular weight excluding hydrogens is 162 g/mol. The Bertz CT molecular complexity index is 418. The van der Waals surface area contributed by atoms with Crippen molar-refractivity contribution in [2.24, 2.45) is 7.05 Å². The van der Waals surface area contributed by atoms with Crippen LogP contribution in [0.3, 0.4) is 0 Å². The van der Waals surface area contributed by atoms with Crippen molar-refractivity contribution in [3.63, 3.8) is 0 Å². The number of aromatic amines is 1. The highest BCUT2D eigenvalue weighted by Gasteiger charge is 2.10. The monoisotopic (exact) mass is 174 g/mol. The zero-order chi connectivity index (χ0) is 9.26. The van der Waals surface area contributed by atoms with Crippen molar-refractivity contribution in [1.82, 2.24) is 10.2 Å². The van der Waals surface area contributed by atoms with Crippen LogP contribution in [0.25, 0.3) is 11.4 Å². The van der Waals surface area contributed by atoms with Gasteiger partial charge < -0.3 is 0 Å². The fraction of sp³-hybridized carbons (Fsp3) is 0.200. The molecule has 0 fully saturated rings. The fourth-order valence-electron chi connectivity index (χ4n) is 1.34. The number of aromatic nitrogens is 3. The third-order valence-corrected chi connectivity index (χ3v) is 2.02. The van der Waals surface area contributed by atoms with Gasteiger partial charge in [-0.15, -0.1) is 0 Å². The summed E-state index contributed by atoms with van der Waals surface area (Å²) in [5.74, 6) is 0. The van der Waals surface area contributed by atoms with E-state index in [9.17, 15) is 0 Å². The van der Waals surface area contributed by atoms with Crippen LogP contribution in [0.5, 0.6) is 0 Å². The Labute approximate surface area is 77.0 Å². The second-order valence-electron chi connectivity index (χ2n) is 3.13. The minimum Gasteiger partial charge on any atom is -0.282 e. The van der Waals surface area contributed by atoms with Crippen LogP contribution >= 0.6 is 0 Å². The summed E-state index contributed by atoms with van der Waals surface area (Å²) in [7, 11) is 2.01. The predicted molar refractivity (Wildman–Crippen MR) is 49.9 cm³/mol. The van der Waals surface area contributed by atoms with E-state index in [-0.39, 0.29) is 0 Å². The van der Waals surface area contributed by atoms with E-state index in [4.69, 9.17) is 0 Å². The fourth-order valence-corrected chi connectivity index (χ4v) is 1.34. The first-order valence-corrected chi connectivity index (χ1v) is 4.24. The number of nitrogens with one attached hydrogen (secondary N) is 1. The molecule has 0 radical (unpaired) electrons. The molecule has 0 saturated carbocycles. The van der Waals surface area contributed by atoms with Gasteiger partial charge in [0.15, 0.2) is 11.9 Å². The van der Waals surface area contributed by atoms with Gasteiger partial charge in [0.2, 0.25) is 5.69 Å². The van der Waals surface area contributed by atoms with E-state index >= 15 is 0 Å². The Balaban J connectivity index is 2.52. The zero-order valence-electron chi connectivity index (χ0n) is 7.78. The van der Waals surface area contributed by atoms with Crippen LogP contribution in [-0.4, -0.2) is 10.2 Å². The second kappa shape index (κ2) is 3.01. The van der Waals surface area contributed by atoms with E-state index in [1.807, 2.05) is 38.4 Å². The summed E-state index contributed by atoms with van der Waals surface area (Å²) in [6, 6.07) is 8.10. The Kier molecular flexibility index (Phi) is 1.85. The normalized spacial score (nSPS) is 10.3. The Morgan fingerprint density at radius 2 is 2.23 bits per heavy atom. The van der Waals surface area contributed by atoms with Gasteiger partial charge in [0.25, 0.3) is 0 Å². The lowest BCUT2D eigenvalue weighted by Gasteiger charge is -1.93. The molecule has 0 aliphatic heterocycles. The number of aryl methyl sites for hydroxylation is 2. The third-order valence-electron chi connectivity index (χ3n) is 2.02. The lowest BCUT2D eigenvalue weighted by molar-refractivity contribution is -0.660. The van der Waals surface area contributed by atoms with Gasteiger partial charge in [-0.2, -0.15) is 9.67 Å². The van der Waals surface area contributed by atoms with Crippen molar-refractivity contribution < 1.29 is 4.57 Å². The highest BCUT2D eigenvalue weighted by atomic mass is 15.1. The van der Waals surface area contributed by atoms with Gasteiger partial charge in [0, 0.05) is 17.8 Å². The summed E-state index contributed by atoms with van der Waals surface area (Å²) in [5, 5.41) is 7.13. The smallest absolute Gasteiger partial charge is 0.232 e. The van der Waals surface area contributed by atoms with E-state index in [1.165, 1.54) is 0 Å². The average molecular weight is 174 g/mol. The van der Waals surface area contributed by atoms with Crippen molar-refractivity contribution in [1.29, 1.82) is 0 Å². The first-order chi connectivity index (χ1) is 6.27. The molecule has 13 heavy (non-hydrogen) atoms. The van der Waals surface area contributed by atoms with Crippen molar-refractivity contribution >= 4 is 0 Å². The van der Waals surface area contributed by atoms with Gasteiger partial charge in [-0.3, -0.25) is 5.10 Å². The summed E-state index contributed by atoms with van der Waals surface area (Å²) >= 11 is 0. The molecule has 0 bridgehead atoms. The molecule has 0 atom stereocenters. The topological polar surface area (TPSA) is 32.6 Å². The van der Waals surface area contributed by atoms with Crippen LogP contribution in [0.4, 0.5) is 0 Å². The number of nitrogens with zero attached hydrogens (tertiary/aromatic N) is 2. The third kappa shape index (κ3) is 1.45. The molecule has 3 heteroatoms. The lowest BCUT2D eigenvalue weighted by Crippen LogP contribution is -2.29. The minimum atomic E-state index is 0.987. The van der Waals surface area contributed by atoms with Gasteiger partial charge in [-0.1, -0.05) is 0 Å². The van der Waals surface area contributed by atoms with Crippen LogP contribution < -0.4 is 4.57 Å². The van der Waals surface area contributed by atoms with Crippen molar-refractivity contribution in [2.45, 2.75) is 6.92 Å². The van der Waals surface area contributed by atoms with E-state index in [1.54, 1.807) is 0 Å². The molecule has 0 aromatic carbocycles. The standard InChI is InChI=1S/C10H11N3/c1-8-7-9(12-11-8)10-5-3-4-6-13(10)2/h3-7H,1-2H3/p+1. The highest BCUT2D eigenvalue weighted by Crippen LogP contribution is 2.11. The summed E-state index contributed by atoms with van der Waals surface area (Å²) in [5.41, 5.74) is 3.19. The second-order valence-corrected chi connectivity index (χ2v) is 3.13. The Morgan fingerprint density at radius 3 is 2.85 bits per heavy atom. The maximum absolute atomic E-state index is 4.20. The molecule has 0 spiro atoms. The Morgan fingerprint density at radius 1 is 1.38 bits per heavy atom. The van der Waals surface area contributed by atoms with Gasteiger partial charge in [-0.05, 0) is 19.1 Å². The molecule has 0 aliphatic carbocycles. The molecule has 2 aromatic rings. The summed E-state index contributed by atoms with van der Waals surface area (Å²) < 4.78 is 2.05. The molecule has 0 unspecified atom stereocenters. The Hall–Kier alpha value is -1.64. The van der Waals surface area contributed by atoms with E-state index in [2.05, 4.69) is 20.8 Å². The molecular formula is C10H12N3+. The lowest BCUT2D eigenvalue weighted by atomic mass is 10.2. The molecule has 0 amide bonds. The minimum absolute atomic E-state index is 0.987. The first-order valence-electron chi connectivity index (χ1n) is 4.24. The van der Waals surface area contributed by atoms with Gasteiger partial charge in [-0.25, -0.2) is 0 Å². The first kappa shape index (κ1) is 7.98. The number of hydrogen-bond donors (Lipinski definition) is 1. The van der Waals surface area contributed by atoms with Crippen LogP contribution in [-0.2, 0) is 7.05 Å². The van der Waals surface area contributed by atoms with E-state index in [0.29, 0.717) is 0 Å². The zero-order valence-corrected chi connectivity index (χ0v) is 7.78. The van der Waals surface area contributed by atoms with E-state index in [0.717, 1.165) is 17.1 Å². The molecule has 66 valence electrons. The van der Waals surface area contributed by atoms with Crippen LogP contribution in [0.1, 0.15) is 5.69 Å². The molecule has 2 aromatic heterocycles. The van der Waals surface area contributed by atoms with Gasteiger partial charge in [0.05, 0.1) is 0 Å². The van der Waals surface area contributed by atoms with Crippen LogP contribution in [0.15, 0.2) is 30.5 Å². The predicted octanol–water partition coefficient (Wildman–Crippen LogP) is 1.21. The van der Waals surface area contributed by atoms with Crippen molar-refractivity contribution in [3.05, 3.63) is 36.2 Å². The molecule has 0 aliphatic rings. The summed E-state index contributed by atoms with van der Waals surface area (Å²) in [4.78, 5) is 0. The molecule has 1 N–H and O–H groups in total.